The lowest BCUT2D eigenvalue weighted by Crippen LogP contribution is -2.70. The monoisotopic (exact) mass is 507 g/mol. The Morgan fingerprint density at radius 3 is 1.47 bits per heavy atom. The largest absolute Gasteiger partial charge is 0.633 e. The van der Waals surface area contributed by atoms with E-state index in [4.69, 9.17) is 0 Å². The Hall–Kier alpha value is -1.52. The molecule has 32 heavy (non-hydrogen) atoms. The average molecular weight is 507 g/mol. The lowest BCUT2D eigenvalue weighted by Gasteiger charge is -2.44. The second kappa shape index (κ2) is 9.02. The maximum atomic E-state index is 14.0. The van der Waals surface area contributed by atoms with Gasteiger partial charge in [-0.2, -0.15) is 57.1 Å². The molecule has 0 aliphatic heterocycles. The number of nitrogens with zero attached hydrogens (tertiary/aromatic N) is 1. The molecule has 0 aliphatic carbocycles. The summed E-state index contributed by atoms with van der Waals surface area (Å²) in [6.45, 7) is 0.709. The van der Waals surface area contributed by atoms with Crippen LogP contribution in [-0.4, -0.2) is 72.1 Å². The van der Waals surface area contributed by atoms with Gasteiger partial charge in [-0.3, -0.25) is 4.79 Å². The van der Waals surface area contributed by atoms with E-state index in [1.54, 1.807) is 0 Å². The highest BCUT2D eigenvalue weighted by molar-refractivity contribution is 5.66. The number of alkyl halides is 13. The van der Waals surface area contributed by atoms with Crippen LogP contribution in [0.2, 0.25) is 0 Å². The first-order valence-electron chi connectivity index (χ1n) is 8.57. The van der Waals surface area contributed by atoms with E-state index in [0.29, 0.717) is 6.92 Å². The van der Waals surface area contributed by atoms with Crippen molar-refractivity contribution in [2.45, 2.75) is 69.1 Å². The molecule has 0 N–H and O–H groups in total. The summed E-state index contributed by atoms with van der Waals surface area (Å²) in [4.78, 5) is 11.0. The van der Waals surface area contributed by atoms with Crippen LogP contribution in [-0.2, 0) is 9.53 Å². The standard InChI is InChI=1S/C15H18F13NO3/c1-4-29(31,5-2)7-9(32-8(3)30)6-10(16,17)11(18,19)12(20,21)13(22,23)14(24,25)15(26,27)28/h9H,4-7H2,1-3H3. The molecule has 17 heteroatoms. The molecule has 192 valence electrons. The van der Waals surface area contributed by atoms with Crippen LogP contribution in [0.25, 0.3) is 0 Å². The minimum absolute atomic E-state index is 0.442. The molecule has 0 radical (unpaired) electrons. The molecule has 0 rings (SSSR count). The Labute approximate surface area is 172 Å². The number of rotatable bonds is 11. The van der Waals surface area contributed by atoms with E-state index in [1.165, 1.54) is 13.8 Å². The van der Waals surface area contributed by atoms with Gasteiger partial charge in [0.05, 0.1) is 19.5 Å². The Kier molecular flexibility index (Phi) is 8.59. The van der Waals surface area contributed by atoms with Crippen molar-refractivity contribution in [2.75, 3.05) is 19.6 Å². The number of carbonyl (C=O) groups excluding carboxylic acids is 1. The quantitative estimate of drug-likeness (QED) is 0.163. The lowest BCUT2D eigenvalue weighted by atomic mass is 9.91. The molecule has 0 aliphatic rings. The number of esters is 1. The van der Waals surface area contributed by atoms with Crippen LogP contribution in [0.5, 0.6) is 0 Å². The second-order valence-electron chi connectivity index (χ2n) is 6.81. The lowest BCUT2D eigenvalue weighted by molar-refractivity contribution is -0.880. The third-order valence-corrected chi connectivity index (χ3v) is 4.50. The minimum atomic E-state index is -8.02. The van der Waals surface area contributed by atoms with E-state index >= 15 is 0 Å². The summed E-state index contributed by atoms with van der Waals surface area (Å²) in [6.07, 6.45) is -12.9. The topological polar surface area (TPSA) is 49.4 Å². The maximum Gasteiger partial charge on any atom is 0.460 e. The fraction of sp³-hybridized carbons (Fsp3) is 0.933. The van der Waals surface area contributed by atoms with E-state index in [0.717, 1.165) is 0 Å². The van der Waals surface area contributed by atoms with Gasteiger partial charge in [0.1, 0.15) is 6.54 Å². The molecule has 0 saturated heterocycles. The van der Waals surface area contributed by atoms with E-state index in [1.807, 2.05) is 0 Å². The highest BCUT2D eigenvalue weighted by atomic mass is 19.4. The SMILES string of the molecule is CC[N+]([O-])(CC)CC(CC(F)(F)C(F)(F)C(F)(F)C(F)(F)C(F)(F)C(F)(F)F)OC(C)=O. The first kappa shape index (κ1) is 30.5. The first-order chi connectivity index (χ1) is 13.9. The Morgan fingerprint density at radius 2 is 1.16 bits per heavy atom. The number of carbonyl (C=O) groups is 1. The molecule has 0 aromatic heterocycles. The van der Waals surface area contributed by atoms with Crippen molar-refractivity contribution in [1.82, 2.24) is 0 Å². The summed E-state index contributed by atoms with van der Waals surface area (Å²) < 4.78 is 174. The molecule has 0 aromatic rings. The highest BCUT2D eigenvalue weighted by Gasteiger charge is 2.90. The zero-order chi connectivity index (χ0) is 26.2. The van der Waals surface area contributed by atoms with Gasteiger partial charge in [-0.25, -0.2) is 0 Å². The van der Waals surface area contributed by atoms with Gasteiger partial charge < -0.3 is 14.6 Å². The van der Waals surface area contributed by atoms with Crippen molar-refractivity contribution in [2.24, 2.45) is 0 Å². The molecule has 0 aromatic carbocycles. The molecule has 1 unspecified atom stereocenters. The molecular weight excluding hydrogens is 489 g/mol. The van der Waals surface area contributed by atoms with Crippen molar-refractivity contribution >= 4 is 5.97 Å². The van der Waals surface area contributed by atoms with E-state index in [9.17, 15) is 67.1 Å². The van der Waals surface area contributed by atoms with Crippen LogP contribution in [0.4, 0.5) is 57.1 Å². The Balaban J connectivity index is 6.31. The van der Waals surface area contributed by atoms with E-state index < -0.39 is 78.6 Å². The zero-order valence-electron chi connectivity index (χ0n) is 16.5. The normalized spacial score (nSPS) is 16.2. The van der Waals surface area contributed by atoms with Gasteiger partial charge in [0, 0.05) is 6.92 Å². The van der Waals surface area contributed by atoms with E-state index in [2.05, 4.69) is 4.74 Å². The maximum absolute atomic E-state index is 14.0. The predicted octanol–water partition coefficient (Wildman–Crippen LogP) is 5.40. The summed E-state index contributed by atoms with van der Waals surface area (Å²) in [6, 6.07) is 0. The van der Waals surface area contributed by atoms with Crippen LogP contribution in [0.15, 0.2) is 0 Å². The van der Waals surface area contributed by atoms with Crippen molar-refractivity contribution in [3.05, 3.63) is 5.21 Å². The third kappa shape index (κ3) is 5.34. The zero-order valence-corrected chi connectivity index (χ0v) is 16.5. The number of quaternary nitrogens is 1. The van der Waals surface area contributed by atoms with Crippen molar-refractivity contribution in [3.63, 3.8) is 0 Å². The Morgan fingerprint density at radius 1 is 0.781 bits per heavy atom. The summed E-state index contributed by atoms with van der Waals surface area (Å²) in [5.41, 5.74) is 0. The molecular formula is C15H18F13NO3. The van der Waals surface area contributed by atoms with Gasteiger partial charge in [0.15, 0.2) is 6.10 Å². The number of hydroxylamine groups is 3. The molecule has 4 nitrogen and oxygen atoms in total. The van der Waals surface area contributed by atoms with Gasteiger partial charge >= 0.3 is 41.8 Å². The first-order valence-corrected chi connectivity index (χ1v) is 8.57. The molecule has 0 heterocycles. The van der Waals surface area contributed by atoms with Crippen LogP contribution >= 0.6 is 0 Å². The average Bonchev–Trinajstić information content (AvgIpc) is 2.58. The van der Waals surface area contributed by atoms with Gasteiger partial charge in [0.25, 0.3) is 0 Å². The summed E-state index contributed by atoms with van der Waals surface area (Å²) in [5.74, 6) is -39.2. The van der Waals surface area contributed by atoms with Crippen molar-refractivity contribution < 1.29 is 71.3 Å². The van der Waals surface area contributed by atoms with Gasteiger partial charge in [-0.05, 0) is 13.8 Å². The summed E-state index contributed by atoms with van der Waals surface area (Å²) in [5, 5.41) is 12.2. The summed E-state index contributed by atoms with van der Waals surface area (Å²) in [7, 11) is 0. The van der Waals surface area contributed by atoms with Crippen LogP contribution in [0.1, 0.15) is 27.2 Å². The number of hydrogen-bond donors (Lipinski definition) is 0. The molecule has 0 bridgehead atoms. The number of halogens is 13. The van der Waals surface area contributed by atoms with Gasteiger partial charge in [-0.1, -0.05) is 0 Å². The number of ether oxygens (including phenoxy) is 1. The van der Waals surface area contributed by atoms with Crippen molar-refractivity contribution in [3.8, 4) is 0 Å². The van der Waals surface area contributed by atoms with E-state index in [-0.39, 0.29) is 0 Å². The molecule has 0 fully saturated rings. The minimum Gasteiger partial charge on any atom is -0.633 e. The molecule has 0 saturated carbocycles. The predicted molar refractivity (Wildman–Crippen MR) is 80.5 cm³/mol. The van der Waals surface area contributed by atoms with Crippen LogP contribution in [0.3, 0.4) is 0 Å². The van der Waals surface area contributed by atoms with Crippen molar-refractivity contribution in [1.29, 1.82) is 0 Å². The van der Waals surface area contributed by atoms with Gasteiger partial charge in [0.2, 0.25) is 0 Å². The molecule has 0 amide bonds. The third-order valence-electron chi connectivity index (χ3n) is 4.50. The smallest absolute Gasteiger partial charge is 0.460 e. The fourth-order valence-corrected chi connectivity index (χ4v) is 2.45. The van der Waals surface area contributed by atoms with Gasteiger partial charge in [-0.15, -0.1) is 0 Å². The Bertz CT molecular complexity index is 659. The number of likely N-dealkylation sites (N-methyl/N-ethyl adjacent to an activating group) is 1. The van der Waals surface area contributed by atoms with Crippen LogP contribution in [0, 0.1) is 5.21 Å². The molecule has 1 atom stereocenters. The molecule has 0 spiro atoms. The van der Waals surface area contributed by atoms with Crippen LogP contribution < -0.4 is 0 Å². The fourth-order valence-electron chi connectivity index (χ4n) is 2.45. The second-order valence-corrected chi connectivity index (χ2v) is 6.81. The highest BCUT2D eigenvalue weighted by Crippen LogP contribution is 2.60. The number of hydrogen-bond acceptors (Lipinski definition) is 3. The summed E-state index contributed by atoms with van der Waals surface area (Å²) >= 11 is 0.